The van der Waals surface area contributed by atoms with Crippen molar-refractivity contribution in [3.8, 4) is 17.2 Å². The zero-order chi connectivity index (χ0) is 19.6. The van der Waals surface area contributed by atoms with E-state index >= 15 is 0 Å². The number of carboxylic acids is 1. The van der Waals surface area contributed by atoms with E-state index in [0.717, 1.165) is 5.56 Å². The Balaban J connectivity index is 1.86. The van der Waals surface area contributed by atoms with Gasteiger partial charge in [0.25, 0.3) is 0 Å². The molecular weight excluding hydrogens is 348 g/mol. The van der Waals surface area contributed by atoms with Gasteiger partial charge in [0.05, 0.1) is 10.8 Å². The SMILES string of the molecule is Cc1ccccc1Oc1coc2cc(OCC(C)(C)C(=O)O)ccc2c1=O. The average Bonchev–Trinajstić information content (AvgIpc) is 2.64. The number of ether oxygens (including phenoxy) is 2. The molecular formula is C21H20O6. The second-order valence-electron chi connectivity index (χ2n) is 6.93. The third-order valence-electron chi connectivity index (χ3n) is 4.21. The molecule has 3 rings (SSSR count). The number of rotatable bonds is 6. The highest BCUT2D eigenvalue weighted by Crippen LogP contribution is 2.26. The number of benzene rings is 2. The van der Waals surface area contributed by atoms with Crippen molar-refractivity contribution in [1.29, 1.82) is 0 Å². The summed E-state index contributed by atoms with van der Waals surface area (Å²) in [6.07, 6.45) is 1.27. The van der Waals surface area contributed by atoms with Gasteiger partial charge in [-0.2, -0.15) is 0 Å². The number of aryl methyl sites for hydroxylation is 1. The summed E-state index contributed by atoms with van der Waals surface area (Å²) in [7, 11) is 0. The van der Waals surface area contributed by atoms with Crippen LogP contribution in [0.3, 0.4) is 0 Å². The van der Waals surface area contributed by atoms with Gasteiger partial charge in [-0.05, 0) is 44.5 Å². The van der Waals surface area contributed by atoms with E-state index in [0.29, 0.717) is 22.5 Å². The molecule has 6 nitrogen and oxygen atoms in total. The van der Waals surface area contributed by atoms with Crippen molar-refractivity contribution in [3.63, 3.8) is 0 Å². The van der Waals surface area contributed by atoms with Gasteiger partial charge in [0.2, 0.25) is 11.2 Å². The molecule has 1 heterocycles. The quantitative estimate of drug-likeness (QED) is 0.695. The first-order chi connectivity index (χ1) is 12.8. The largest absolute Gasteiger partial charge is 0.492 e. The predicted octanol–water partition coefficient (Wildman–Crippen LogP) is 4.38. The normalized spacial score (nSPS) is 11.4. The molecule has 1 aromatic heterocycles. The molecule has 2 aromatic carbocycles. The summed E-state index contributed by atoms with van der Waals surface area (Å²) < 4.78 is 16.8. The molecule has 0 aliphatic rings. The van der Waals surface area contributed by atoms with Crippen LogP contribution in [0.15, 0.2) is 57.9 Å². The van der Waals surface area contributed by atoms with Crippen LogP contribution in [-0.2, 0) is 4.79 Å². The van der Waals surface area contributed by atoms with Gasteiger partial charge in [0, 0.05) is 6.07 Å². The number of fused-ring (bicyclic) bond motifs is 1. The van der Waals surface area contributed by atoms with Crippen molar-refractivity contribution in [2.75, 3.05) is 6.61 Å². The standard InChI is InChI=1S/C21H20O6/c1-13-6-4-5-7-16(13)27-18-11-25-17-10-14(8-9-15(17)19(18)22)26-12-21(2,3)20(23)24/h4-11H,12H2,1-3H3,(H,23,24). The van der Waals surface area contributed by atoms with Crippen LogP contribution in [0.25, 0.3) is 11.0 Å². The first kappa shape index (κ1) is 18.5. The van der Waals surface area contributed by atoms with Crippen LogP contribution in [0.2, 0.25) is 0 Å². The molecule has 0 atom stereocenters. The van der Waals surface area contributed by atoms with Gasteiger partial charge in [-0.3, -0.25) is 9.59 Å². The number of aliphatic carboxylic acids is 1. The third kappa shape index (κ3) is 3.95. The lowest BCUT2D eigenvalue weighted by Crippen LogP contribution is -2.30. The van der Waals surface area contributed by atoms with Crippen molar-refractivity contribution < 1.29 is 23.8 Å². The minimum Gasteiger partial charge on any atom is -0.492 e. The molecule has 0 spiro atoms. The second-order valence-corrected chi connectivity index (χ2v) is 6.93. The molecule has 6 heteroatoms. The minimum absolute atomic E-state index is 0.00739. The highest BCUT2D eigenvalue weighted by Gasteiger charge is 2.28. The first-order valence-electron chi connectivity index (χ1n) is 8.43. The number of carbonyl (C=O) groups is 1. The first-order valence-corrected chi connectivity index (χ1v) is 8.43. The molecule has 0 fully saturated rings. The summed E-state index contributed by atoms with van der Waals surface area (Å²) in [4.78, 5) is 23.8. The Morgan fingerprint density at radius 1 is 1.15 bits per heavy atom. The third-order valence-corrected chi connectivity index (χ3v) is 4.21. The lowest BCUT2D eigenvalue weighted by atomic mass is 9.95. The molecule has 0 saturated heterocycles. The molecule has 0 aliphatic carbocycles. The summed E-state index contributed by atoms with van der Waals surface area (Å²) in [6, 6.07) is 12.1. The molecule has 0 bridgehead atoms. The van der Waals surface area contributed by atoms with Gasteiger partial charge in [0.15, 0.2) is 0 Å². The molecule has 27 heavy (non-hydrogen) atoms. The fourth-order valence-electron chi connectivity index (χ4n) is 2.37. The molecule has 0 aliphatic heterocycles. The van der Waals surface area contributed by atoms with E-state index in [4.69, 9.17) is 19.0 Å². The average molecular weight is 368 g/mol. The van der Waals surface area contributed by atoms with Crippen LogP contribution >= 0.6 is 0 Å². The Labute approximate surface area is 156 Å². The number of hydrogen-bond donors (Lipinski definition) is 1. The van der Waals surface area contributed by atoms with E-state index in [1.807, 2.05) is 25.1 Å². The van der Waals surface area contributed by atoms with Gasteiger partial charge in [-0.25, -0.2) is 0 Å². The Morgan fingerprint density at radius 3 is 2.59 bits per heavy atom. The minimum atomic E-state index is -1.03. The molecule has 1 N–H and O–H groups in total. The number of hydrogen-bond acceptors (Lipinski definition) is 5. The highest BCUT2D eigenvalue weighted by atomic mass is 16.5. The van der Waals surface area contributed by atoms with Crippen LogP contribution < -0.4 is 14.9 Å². The van der Waals surface area contributed by atoms with E-state index in [9.17, 15) is 9.59 Å². The maximum absolute atomic E-state index is 12.7. The van der Waals surface area contributed by atoms with Gasteiger partial charge in [0.1, 0.15) is 30.0 Å². The number of carboxylic acid groups (broad SMARTS) is 1. The molecule has 3 aromatic rings. The van der Waals surface area contributed by atoms with Gasteiger partial charge >= 0.3 is 5.97 Å². The predicted molar refractivity (Wildman–Crippen MR) is 101 cm³/mol. The lowest BCUT2D eigenvalue weighted by molar-refractivity contribution is -0.148. The zero-order valence-corrected chi connectivity index (χ0v) is 15.3. The van der Waals surface area contributed by atoms with Crippen molar-refractivity contribution in [2.45, 2.75) is 20.8 Å². The van der Waals surface area contributed by atoms with Crippen LogP contribution in [0.5, 0.6) is 17.2 Å². The summed E-state index contributed by atoms with van der Waals surface area (Å²) in [5.74, 6) is 0.151. The van der Waals surface area contributed by atoms with E-state index in [2.05, 4.69) is 0 Å². The lowest BCUT2D eigenvalue weighted by Gasteiger charge is -2.19. The maximum Gasteiger partial charge on any atom is 0.312 e. The maximum atomic E-state index is 12.7. The smallest absolute Gasteiger partial charge is 0.312 e. The Bertz CT molecular complexity index is 1050. The van der Waals surface area contributed by atoms with Crippen molar-refractivity contribution in [1.82, 2.24) is 0 Å². The molecule has 0 saturated carbocycles. The summed E-state index contributed by atoms with van der Waals surface area (Å²) in [5, 5.41) is 9.50. The van der Waals surface area contributed by atoms with Crippen molar-refractivity contribution in [3.05, 3.63) is 64.5 Å². The zero-order valence-electron chi connectivity index (χ0n) is 15.3. The van der Waals surface area contributed by atoms with Gasteiger partial charge in [-0.1, -0.05) is 18.2 Å². The van der Waals surface area contributed by atoms with E-state index in [1.165, 1.54) is 6.26 Å². The van der Waals surface area contributed by atoms with Crippen molar-refractivity contribution >= 4 is 16.9 Å². The van der Waals surface area contributed by atoms with E-state index in [1.54, 1.807) is 38.1 Å². The Hall–Kier alpha value is -3.28. The molecule has 0 radical (unpaired) electrons. The van der Waals surface area contributed by atoms with Crippen LogP contribution in [-0.4, -0.2) is 17.7 Å². The van der Waals surface area contributed by atoms with Crippen molar-refractivity contribution in [2.24, 2.45) is 5.41 Å². The van der Waals surface area contributed by atoms with Gasteiger partial charge < -0.3 is 19.0 Å². The fraction of sp³-hybridized carbons (Fsp3) is 0.238. The van der Waals surface area contributed by atoms with E-state index in [-0.39, 0.29) is 17.8 Å². The van der Waals surface area contributed by atoms with E-state index < -0.39 is 11.4 Å². The molecule has 0 amide bonds. The molecule has 140 valence electrons. The molecule has 0 unspecified atom stereocenters. The van der Waals surface area contributed by atoms with Gasteiger partial charge in [-0.15, -0.1) is 0 Å². The van der Waals surface area contributed by atoms with Crippen LogP contribution in [0.1, 0.15) is 19.4 Å². The fourth-order valence-corrected chi connectivity index (χ4v) is 2.37. The monoisotopic (exact) mass is 368 g/mol. The summed E-state index contributed by atoms with van der Waals surface area (Å²) in [5.41, 5.74) is -0.0809. The number of para-hydroxylation sites is 1. The summed E-state index contributed by atoms with van der Waals surface area (Å²) >= 11 is 0. The Kier molecular flexibility index (Phi) is 4.90. The van der Waals surface area contributed by atoms with Crippen LogP contribution in [0, 0.1) is 12.3 Å². The van der Waals surface area contributed by atoms with Crippen LogP contribution in [0.4, 0.5) is 0 Å². The summed E-state index contributed by atoms with van der Waals surface area (Å²) in [6.45, 7) is 5.03. The Morgan fingerprint density at radius 2 is 1.89 bits per heavy atom. The second kappa shape index (κ2) is 7.15. The highest BCUT2D eigenvalue weighted by molar-refractivity contribution is 5.79. The topological polar surface area (TPSA) is 86.0 Å².